The highest BCUT2D eigenvalue weighted by Crippen LogP contribution is 2.46. The number of carbonyl (C=O) groups excluding carboxylic acids is 3. The van der Waals surface area contributed by atoms with Crippen LogP contribution in [0, 0.1) is 5.92 Å². The fraction of sp³-hybridized carbons (Fsp3) is 0.222. The van der Waals surface area contributed by atoms with Crippen molar-refractivity contribution < 1.29 is 19.1 Å². The van der Waals surface area contributed by atoms with E-state index < -0.39 is 23.2 Å². The van der Waals surface area contributed by atoms with E-state index in [1.165, 1.54) is 7.11 Å². The summed E-state index contributed by atoms with van der Waals surface area (Å²) >= 11 is 0. The molecule has 0 saturated carbocycles. The van der Waals surface area contributed by atoms with Gasteiger partial charge in [0.1, 0.15) is 0 Å². The van der Waals surface area contributed by atoms with Gasteiger partial charge in [0.2, 0.25) is 11.8 Å². The number of nitrogens with one attached hydrogen (secondary N) is 1. The lowest BCUT2D eigenvalue weighted by Crippen LogP contribution is -2.47. The molecule has 0 aromatic heterocycles. The van der Waals surface area contributed by atoms with Crippen molar-refractivity contribution in [2.45, 2.75) is 18.3 Å². The number of rotatable bonds is 10. The molecule has 0 aliphatic heterocycles. The molecule has 0 radical (unpaired) electrons. The number of esters is 1. The van der Waals surface area contributed by atoms with Crippen molar-refractivity contribution in [1.29, 1.82) is 0 Å². The van der Waals surface area contributed by atoms with E-state index in [1.807, 2.05) is 91.0 Å². The molecule has 0 saturated heterocycles. The zero-order chi connectivity index (χ0) is 23.7. The lowest BCUT2D eigenvalue weighted by atomic mass is 9.60. The molecule has 6 nitrogen and oxygen atoms in total. The summed E-state index contributed by atoms with van der Waals surface area (Å²) in [6.45, 7) is 0.117. The molecule has 2 amide bonds. The molecule has 3 rings (SSSR count). The van der Waals surface area contributed by atoms with Crippen molar-refractivity contribution in [2.24, 2.45) is 11.7 Å². The highest BCUT2D eigenvalue weighted by molar-refractivity contribution is 5.88. The Labute approximate surface area is 193 Å². The topological polar surface area (TPSA) is 98.5 Å². The van der Waals surface area contributed by atoms with Gasteiger partial charge >= 0.3 is 5.97 Å². The Morgan fingerprint density at radius 1 is 0.818 bits per heavy atom. The smallest absolute Gasteiger partial charge is 0.307 e. The Bertz CT molecular complexity index is 972. The average Bonchev–Trinajstić information content (AvgIpc) is 2.85. The third-order valence-electron chi connectivity index (χ3n) is 5.82. The van der Waals surface area contributed by atoms with Gasteiger partial charge in [-0.3, -0.25) is 14.4 Å². The van der Waals surface area contributed by atoms with Crippen LogP contribution in [0.25, 0.3) is 0 Å². The predicted molar refractivity (Wildman–Crippen MR) is 126 cm³/mol. The summed E-state index contributed by atoms with van der Waals surface area (Å²) in [5.74, 6) is -2.26. The first kappa shape index (κ1) is 23.7. The highest BCUT2D eigenvalue weighted by atomic mass is 16.5. The van der Waals surface area contributed by atoms with E-state index in [4.69, 9.17) is 5.73 Å². The third-order valence-corrected chi connectivity index (χ3v) is 5.82. The van der Waals surface area contributed by atoms with Gasteiger partial charge in [-0.2, -0.15) is 0 Å². The molecule has 3 N–H and O–H groups in total. The molecule has 0 bridgehead atoms. The molecule has 0 aliphatic rings. The van der Waals surface area contributed by atoms with Gasteiger partial charge in [0.25, 0.3) is 0 Å². The van der Waals surface area contributed by atoms with Gasteiger partial charge in [-0.1, -0.05) is 91.0 Å². The largest absolute Gasteiger partial charge is 0.469 e. The first-order chi connectivity index (χ1) is 16.0. The maximum absolute atomic E-state index is 13.0. The SMILES string of the molecule is COC(=O)CCNC(=O)CC(C(N)=O)C(c1ccccc1)(c1ccccc1)c1ccccc1. The van der Waals surface area contributed by atoms with Crippen LogP contribution in [-0.2, 0) is 24.5 Å². The maximum Gasteiger partial charge on any atom is 0.307 e. The zero-order valence-electron chi connectivity index (χ0n) is 18.6. The van der Waals surface area contributed by atoms with Crippen molar-refractivity contribution in [1.82, 2.24) is 5.32 Å². The summed E-state index contributed by atoms with van der Waals surface area (Å²) in [6.07, 6.45) is -0.0974. The van der Waals surface area contributed by atoms with Crippen molar-refractivity contribution in [3.63, 3.8) is 0 Å². The number of carbonyl (C=O) groups is 3. The van der Waals surface area contributed by atoms with Crippen LogP contribution in [0.3, 0.4) is 0 Å². The molecule has 0 heterocycles. The lowest BCUT2D eigenvalue weighted by molar-refractivity contribution is -0.140. The van der Waals surface area contributed by atoms with Crippen LogP contribution in [0.1, 0.15) is 29.5 Å². The monoisotopic (exact) mass is 444 g/mol. The molecule has 0 fully saturated rings. The number of nitrogens with two attached hydrogens (primary N) is 1. The molecule has 170 valence electrons. The Morgan fingerprint density at radius 3 is 1.61 bits per heavy atom. The molecule has 1 unspecified atom stereocenters. The average molecular weight is 445 g/mol. The van der Waals surface area contributed by atoms with Crippen LogP contribution in [-0.4, -0.2) is 31.4 Å². The van der Waals surface area contributed by atoms with Gasteiger partial charge in [0.15, 0.2) is 0 Å². The number of primary amides is 1. The molecule has 0 aliphatic carbocycles. The first-order valence-corrected chi connectivity index (χ1v) is 10.8. The molecule has 3 aromatic rings. The number of hydrogen-bond acceptors (Lipinski definition) is 4. The maximum atomic E-state index is 13.0. The molecule has 3 aromatic carbocycles. The molecule has 33 heavy (non-hydrogen) atoms. The van der Waals surface area contributed by atoms with Gasteiger partial charge in [-0.05, 0) is 16.7 Å². The summed E-state index contributed by atoms with van der Waals surface area (Å²) in [6, 6.07) is 28.9. The van der Waals surface area contributed by atoms with Crippen LogP contribution in [0.2, 0.25) is 0 Å². The van der Waals surface area contributed by atoms with Crippen molar-refractivity contribution in [3.05, 3.63) is 108 Å². The molecule has 6 heteroatoms. The number of ether oxygens (including phenoxy) is 1. The molecule has 0 spiro atoms. The van der Waals surface area contributed by atoms with E-state index in [2.05, 4.69) is 10.1 Å². The fourth-order valence-electron chi connectivity index (χ4n) is 4.34. The van der Waals surface area contributed by atoms with E-state index in [0.717, 1.165) is 16.7 Å². The van der Waals surface area contributed by atoms with Crippen LogP contribution in [0.5, 0.6) is 0 Å². The Hall–Kier alpha value is -3.93. The zero-order valence-corrected chi connectivity index (χ0v) is 18.6. The Morgan fingerprint density at radius 2 is 1.24 bits per heavy atom. The van der Waals surface area contributed by atoms with E-state index >= 15 is 0 Å². The lowest BCUT2D eigenvalue weighted by Gasteiger charge is -2.41. The molecular weight excluding hydrogens is 416 g/mol. The summed E-state index contributed by atoms with van der Waals surface area (Å²) in [4.78, 5) is 37.3. The van der Waals surface area contributed by atoms with Gasteiger partial charge in [0.05, 0.1) is 24.9 Å². The van der Waals surface area contributed by atoms with Crippen LogP contribution < -0.4 is 11.1 Å². The minimum atomic E-state index is -0.991. The highest BCUT2D eigenvalue weighted by Gasteiger charge is 2.47. The van der Waals surface area contributed by atoms with Crippen molar-refractivity contribution >= 4 is 17.8 Å². The third kappa shape index (κ3) is 5.29. The second-order valence-electron chi connectivity index (χ2n) is 7.74. The molecule has 1 atom stereocenters. The summed E-state index contributed by atoms with van der Waals surface area (Å²) in [5.41, 5.74) is 7.56. The van der Waals surface area contributed by atoms with Gasteiger partial charge in [-0.25, -0.2) is 0 Å². The second-order valence-corrected chi connectivity index (χ2v) is 7.74. The van der Waals surface area contributed by atoms with Gasteiger partial charge in [0, 0.05) is 13.0 Å². The minimum absolute atomic E-state index is 0.0463. The van der Waals surface area contributed by atoms with Crippen molar-refractivity contribution in [3.8, 4) is 0 Å². The normalized spacial score (nSPS) is 11.9. The quantitative estimate of drug-likeness (QED) is 0.371. The van der Waals surface area contributed by atoms with Gasteiger partial charge < -0.3 is 15.8 Å². The fourth-order valence-corrected chi connectivity index (χ4v) is 4.34. The summed E-state index contributed by atoms with van der Waals surface area (Å²) in [7, 11) is 1.29. The standard InChI is InChI=1S/C27H28N2O4/c1-33-25(31)17-18-29-24(30)19-23(26(28)32)27(20-11-5-2-6-12-20,21-13-7-3-8-14-21)22-15-9-4-10-16-22/h2-16,23H,17-19H2,1H3,(H2,28,32)(H,29,30). The number of benzene rings is 3. The first-order valence-electron chi connectivity index (χ1n) is 10.8. The Kier molecular flexibility index (Phi) is 7.97. The predicted octanol–water partition coefficient (Wildman–Crippen LogP) is 3.19. The van der Waals surface area contributed by atoms with Gasteiger partial charge in [-0.15, -0.1) is 0 Å². The van der Waals surface area contributed by atoms with E-state index in [0.29, 0.717) is 0 Å². The van der Waals surface area contributed by atoms with Crippen LogP contribution in [0.15, 0.2) is 91.0 Å². The summed E-state index contributed by atoms with van der Waals surface area (Å²) in [5, 5.41) is 2.71. The van der Waals surface area contributed by atoms with E-state index in [9.17, 15) is 14.4 Å². The Balaban J connectivity index is 2.13. The van der Waals surface area contributed by atoms with E-state index in [-0.39, 0.29) is 25.3 Å². The van der Waals surface area contributed by atoms with Crippen LogP contribution in [0.4, 0.5) is 0 Å². The van der Waals surface area contributed by atoms with E-state index in [1.54, 1.807) is 0 Å². The van der Waals surface area contributed by atoms with Crippen molar-refractivity contribution in [2.75, 3.05) is 13.7 Å². The number of amides is 2. The second kappa shape index (κ2) is 11.1. The summed E-state index contributed by atoms with van der Waals surface area (Å²) < 4.78 is 4.61. The number of hydrogen-bond donors (Lipinski definition) is 2. The minimum Gasteiger partial charge on any atom is -0.469 e. The number of methoxy groups -OCH3 is 1. The molecular formula is C27H28N2O4. The van der Waals surface area contributed by atoms with Crippen LogP contribution >= 0.6 is 0 Å².